The highest BCUT2D eigenvalue weighted by Crippen LogP contribution is 2.51. The molecule has 0 saturated carbocycles. The monoisotopic (exact) mass is 628 g/mol. The van der Waals surface area contributed by atoms with E-state index < -0.39 is 0 Å². The molecule has 0 atom stereocenters. The highest BCUT2D eigenvalue weighted by Gasteiger charge is 2.36. The first kappa shape index (κ1) is 27.9. The predicted molar refractivity (Wildman–Crippen MR) is 204 cm³/mol. The van der Waals surface area contributed by atoms with Crippen LogP contribution in [0.4, 0.5) is 0 Å². The molecule has 0 spiro atoms. The van der Waals surface area contributed by atoms with Crippen LogP contribution in [0, 0.1) is 0 Å². The normalized spacial score (nSPS) is 13.3. The molecule has 3 nitrogen and oxygen atoms in total. The Kier molecular flexibility index (Phi) is 5.78. The molecule has 0 saturated heterocycles. The minimum Gasteiger partial charge on any atom is -0.309 e. The number of hydrogen-bond acceptors (Lipinski definition) is 1. The van der Waals surface area contributed by atoms with Gasteiger partial charge in [0.05, 0.1) is 16.6 Å². The van der Waals surface area contributed by atoms with Crippen LogP contribution in [-0.4, -0.2) is 9.13 Å². The number of benzene rings is 7. The Balaban J connectivity index is 1.25. The molecule has 2 aromatic heterocycles. The van der Waals surface area contributed by atoms with Crippen LogP contribution in [0.5, 0.6) is 0 Å². The van der Waals surface area contributed by atoms with Gasteiger partial charge >= 0.3 is 0 Å². The molecule has 0 bridgehead atoms. The average Bonchev–Trinajstić information content (AvgIpc) is 3.59. The van der Waals surface area contributed by atoms with E-state index in [1.165, 1.54) is 44.1 Å². The number of rotatable bonds is 3. The first-order valence-corrected chi connectivity index (χ1v) is 16.9. The Hall–Kier alpha value is -6.19. The third-order valence-corrected chi connectivity index (χ3v) is 10.7. The smallest absolute Gasteiger partial charge is 0.263 e. The summed E-state index contributed by atoms with van der Waals surface area (Å²) in [5.74, 6) is 0. The van der Waals surface area contributed by atoms with Crippen LogP contribution in [-0.2, 0) is 5.41 Å². The number of nitrogens with zero attached hydrogens (tertiary/aromatic N) is 2. The molecule has 0 unspecified atom stereocenters. The fourth-order valence-electron chi connectivity index (χ4n) is 8.34. The van der Waals surface area contributed by atoms with E-state index in [1.807, 2.05) is 53.1 Å². The molecule has 0 aliphatic heterocycles. The lowest BCUT2D eigenvalue weighted by Gasteiger charge is -2.21. The summed E-state index contributed by atoms with van der Waals surface area (Å²) in [4.78, 5) is 13.8. The quantitative estimate of drug-likeness (QED) is 0.179. The third kappa shape index (κ3) is 3.93. The van der Waals surface area contributed by atoms with E-state index in [0.29, 0.717) is 0 Å². The van der Waals surface area contributed by atoms with Gasteiger partial charge < -0.3 is 4.57 Å². The zero-order valence-electron chi connectivity index (χ0n) is 27.3. The molecule has 0 radical (unpaired) electrons. The van der Waals surface area contributed by atoms with E-state index >= 15 is 0 Å². The summed E-state index contributed by atoms with van der Waals surface area (Å²) in [6.45, 7) is 4.69. The number of hydrogen-bond donors (Lipinski definition) is 0. The molecule has 49 heavy (non-hydrogen) atoms. The molecule has 2 heterocycles. The van der Waals surface area contributed by atoms with Gasteiger partial charge in [-0.25, -0.2) is 0 Å². The minimum absolute atomic E-state index is 0.00512. The fourth-order valence-corrected chi connectivity index (χ4v) is 8.34. The number of para-hydroxylation sites is 2. The predicted octanol–water partition coefficient (Wildman–Crippen LogP) is 11.2. The van der Waals surface area contributed by atoms with Crippen LogP contribution in [0.1, 0.15) is 25.0 Å². The van der Waals surface area contributed by atoms with Crippen LogP contribution < -0.4 is 5.56 Å². The molecular formula is C46H32N2O. The fraction of sp³-hybridized carbons (Fsp3) is 0.0652. The lowest BCUT2D eigenvalue weighted by Crippen LogP contribution is -2.19. The van der Waals surface area contributed by atoms with Crippen molar-refractivity contribution in [3.63, 3.8) is 0 Å². The van der Waals surface area contributed by atoms with E-state index in [4.69, 9.17) is 0 Å². The van der Waals surface area contributed by atoms with Crippen LogP contribution >= 0.6 is 0 Å². The molecule has 3 heteroatoms. The SMILES string of the molecule is CC1(C)c2ccccc2-c2cc3c4cc(-c5ccc6c(c5)c5ccccc5c(=O)n6-c5ccccc5)ccc4n(-c4ccccc4)c3cc21. The van der Waals surface area contributed by atoms with Crippen molar-refractivity contribution >= 4 is 43.5 Å². The van der Waals surface area contributed by atoms with Crippen LogP contribution in [0.25, 0.3) is 77.1 Å². The largest absolute Gasteiger partial charge is 0.309 e. The first-order valence-electron chi connectivity index (χ1n) is 16.9. The summed E-state index contributed by atoms with van der Waals surface area (Å²) in [5.41, 5.74) is 12.9. The molecule has 9 aromatic rings. The van der Waals surface area contributed by atoms with Crippen LogP contribution in [0.2, 0.25) is 0 Å². The highest BCUT2D eigenvalue weighted by molar-refractivity contribution is 6.13. The zero-order chi connectivity index (χ0) is 32.9. The standard InChI is InChI=1S/C46H32N2O/c1-46(2)40-20-12-11-18-34(40)36-27-39-38-26-30(21-23-42(38)47(44(39)28-41(36)46)31-13-5-3-6-14-31)29-22-24-43-37(25-29)33-17-9-10-19-35(33)45(49)48(43)32-15-7-4-8-16-32/h3-28H,1-2H3. The summed E-state index contributed by atoms with van der Waals surface area (Å²) in [7, 11) is 0. The van der Waals surface area contributed by atoms with Gasteiger partial charge in [0.25, 0.3) is 5.56 Å². The van der Waals surface area contributed by atoms with E-state index in [1.54, 1.807) is 0 Å². The molecule has 0 N–H and O–H groups in total. The first-order chi connectivity index (χ1) is 24.0. The van der Waals surface area contributed by atoms with Gasteiger partial charge in [-0.1, -0.05) is 105 Å². The second kappa shape index (κ2) is 10.2. The third-order valence-electron chi connectivity index (χ3n) is 10.7. The molecule has 10 rings (SSSR count). The van der Waals surface area contributed by atoms with E-state index in [9.17, 15) is 4.79 Å². The van der Waals surface area contributed by atoms with Gasteiger partial charge in [0.1, 0.15) is 0 Å². The van der Waals surface area contributed by atoms with Crippen molar-refractivity contribution < 1.29 is 0 Å². The van der Waals surface area contributed by atoms with Crippen molar-refractivity contribution in [3.8, 4) is 33.6 Å². The van der Waals surface area contributed by atoms with Crippen molar-refractivity contribution in [2.45, 2.75) is 19.3 Å². The second-order valence-corrected chi connectivity index (χ2v) is 13.7. The molecule has 0 amide bonds. The Morgan fingerprint density at radius 2 is 0.939 bits per heavy atom. The van der Waals surface area contributed by atoms with Crippen molar-refractivity contribution in [2.24, 2.45) is 0 Å². The summed E-state index contributed by atoms with van der Waals surface area (Å²) in [5, 5.41) is 5.21. The summed E-state index contributed by atoms with van der Waals surface area (Å²) in [6, 6.07) is 55.7. The van der Waals surface area contributed by atoms with Crippen molar-refractivity contribution in [3.05, 3.63) is 179 Å². The lowest BCUT2D eigenvalue weighted by atomic mass is 9.82. The Morgan fingerprint density at radius 3 is 1.63 bits per heavy atom. The topological polar surface area (TPSA) is 26.9 Å². The average molecular weight is 629 g/mol. The Labute approximate surface area is 283 Å². The van der Waals surface area contributed by atoms with Crippen molar-refractivity contribution in [2.75, 3.05) is 0 Å². The molecule has 232 valence electrons. The maximum absolute atomic E-state index is 13.8. The molecular weight excluding hydrogens is 597 g/mol. The Bertz CT molecular complexity index is 2860. The summed E-state index contributed by atoms with van der Waals surface area (Å²) >= 11 is 0. The van der Waals surface area contributed by atoms with Gasteiger partial charge in [-0.2, -0.15) is 0 Å². The van der Waals surface area contributed by atoms with Crippen molar-refractivity contribution in [1.82, 2.24) is 9.13 Å². The Morgan fingerprint density at radius 1 is 0.408 bits per heavy atom. The second-order valence-electron chi connectivity index (χ2n) is 13.7. The van der Waals surface area contributed by atoms with Gasteiger partial charge in [0.15, 0.2) is 0 Å². The van der Waals surface area contributed by atoms with Crippen molar-refractivity contribution in [1.29, 1.82) is 0 Å². The summed E-state index contributed by atoms with van der Waals surface area (Å²) in [6.07, 6.45) is 0. The van der Waals surface area contributed by atoms with E-state index in [0.717, 1.165) is 44.2 Å². The van der Waals surface area contributed by atoms with Crippen LogP contribution in [0.15, 0.2) is 163 Å². The van der Waals surface area contributed by atoms with Gasteiger partial charge in [-0.3, -0.25) is 9.36 Å². The van der Waals surface area contributed by atoms with E-state index in [2.05, 4.69) is 128 Å². The van der Waals surface area contributed by atoms with Gasteiger partial charge in [0.2, 0.25) is 0 Å². The molecule has 1 aliphatic rings. The van der Waals surface area contributed by atoms with Gasteiger partial charge in [-0.05, 0) is 105 Å². The zero-order valence-corrected chi connectivity index (χ0v) is 27.3. The summed E-state index contributed by atoms with van der Waals surface area (Å²) < 4.78 is 4.26. The lowest BCUT2D eigenvalue weighted by molar-refractivity contribution is 0.661. The van der Waals surface area contributed by atoms with E-state index in [-0.39, 0.29) is 11.0 Å². The molecule has 7 aromatic carbocycles. The highest BCUT2D eigenvalue weighted by atomic mass is 16.1. The van der Waals surface area contributed by atoms with Crippen LogP contribution in [0.3, 0.4) is 0 Å². The number of aromatic nitrogens is 2. The number of pyridine rings is 1. The minimum atomic E-state index is -0.0856. The van der Waals surface area contributed by atoms with Gasteiger partial charge in [0, 0.05) is 38.3 Å². The molecule has 0 fully saturated rings. The maximum Gasteiger partial charge on any atom is 0.263 e. The number of fused-ring (bicyclic) bond motifs is 9. The van der Waals surface area contributed by atoms with Gasteiger partial charge in [-0.15, -0.1) is 0 Å². The molecule has 1 aliphatic carbocycles. The maximum atomic E-state index is 13.8.